The number of halogens is 1. The van der Waals surface area contributed by atoms with Gasteiger partial charge < -0.3 is 9.84 Å². The van der Waals surface area contributed by atoms with Gasteiger partial charge in [0, 0.05) is 29.5 Å². The van der Waals surface area contributed by atoms with Crippen LogP contribution >= 0.6 is 22.9 Å². The van der Waals surface area contributed by atoms with Gasteiger partial charge in [-0.1, -0.05) is 0 Å². The normalized spacial score (nSPS) is 23.5. The van der Waals surface area contributed by atoms with Crippen LogP contribution in [0.2, 0.25) is 0 Å². The molecule has 1 aliphatic rings. The summed E-state index contributed by atoms with van der Waals surface area (Å²) < 4.78 is 8.21. The molecular formula is C9H17IN2O3. The third-order valence-electron chi connectivity index (χ3n) is 2.62. The Kier molecular flexibility index (Phi) is 5.62. The zero-order valence-electron chi connectivity index (χ0n) is 8.78. The molecule has 0 aromatic heterocycles. The Morgan fingerprint density at radius 3 is 2.93 bits per heavy atom. The van der Waals surface area contributed by atoms with Crippen LogP contribution in [0, 0.1) is 0 Å². The molecule has 88 valence electrons. The van der Waals surface area contributed by atoms with E-state index in [9.17, 15) is 4.79 Å². The van der Waals surface area contributed by atoms with E-state index in [4.69, 9.17) is 9.84 Å². The van der Waals surface area contributed by atoms with E-state index in [2.05, 4.69) is 3.64 Å². The SMILES string of the molecule is CC(CC1CCCCO1)N(NI)C(=O)O. The first-order valence-electron chi connectivity index (χ1n) is 5.15. The van der Waals surface area contributed by atoms with Gasteiger partial charge in [0.2, 0.25) is 0 Å². The van der Waals surface area contributed by atoms with Crippen LogP contribution in [0.4, 0.5) is 4.79 Å². The van der Waals surface area contributed by atoms with Gasteiger partial charge in [-0.25, -0.2) is 9.80 Å². The Hall–Kier alpha value is -0.0800. The fourth-order valence-electron chi connectivity index (χ4n) is 1.79. The third-order valence-corrected chi connectivity index (χ3v) is 3.14. The molecule has 15 heavy (non-hydrogen) atoms. The lowest BCUT2D eigenvalue weighted by Crippen LogP contribution is -2.45. The van der Waals surface area contributed by atoms with E-state index >= 15 is 0 Å². The number of carboxylic acid groups (broad SMARTS) is 1. The number of carbonyl (C=O) groups is 1. The summed E-state index contributed by atoms with van der Waals surface area (Å²) in [6.07, 6.45) is 3.36. The molecule has 1 heterocycles. The number of ether oxygens (including phenoxy) is 1. The molecule has 1 rings (SSSR count). The molecule has 6 heteroatoms. The van der Waals surface area contributed by atoms with Crippen molar-refractivity contribution >= 4 is 29.0 Å². The molecule has 0 aliphatic carbocycles. The highest BCUT2D eigenvalue weighted by atomic mass is 127. The van der Waals surface area contributed by atoms with Crippen LogP contribution < -0.4 is 3.64 Å². The first-order valence-corrected chi connectivity index (χ1v) is 6.23. The predicted octanol–water partition coefficient (Wildman–Crippen LogP) is 2.17. The highest BCUT2D eigenvalue weighted by Crippen LogP contribution is 2.18. The Bertz CT molecular complexity index is 210. The highest BCUT2D eigenvalue weighted by Gasteiger charge is 2.23. The number of hydrazine groups is 1. The Labute approximate surface area is 104 Å². The van der Waals surface area contributed by atoms with Crippen molar-refractivity contribution in [1.82, 2.24) is 8.65 Å². The minimum absolute atomic E-state index is 0.0671. The molecule has 1 saturated heterocycles. The van der Waals surface area contributed by atoms with Crippen molar-refractivity contribution in [3.63, 3.8) is 0 Å². The minimum Gasteiger partial charge on any atom is -0.464 e. The van der Waals surface area contributed by atoms with Gasteiger partial charge in [0.05, 0.1) is 12.1 Å². The molecular weight excluding hydrogens is 311 g/mol. The Morgan fingerprint density at radius 1 is 1.73 bits per heavy atom. The zero-order valence-corrected chi connectivity index (χ0v) is 10.9. The van der Waals surface area contributed by atoms with E-state index in [1.54, 1.807) is 0 Å². The number of hydrogen-bond acceptors (Lipinski definition) is 3. The van der Waals surface area contributed by atoms with Gasteiger partial charge in [-0.3, -0.25) is 0 Å². The zero-order chi connectivity index (χ0) is 11.3. The van der Waals surface area contributed by atoms with Gasteiger partial charge in [0.25, 0.3) is 0 Å². The Morgan fingerprint density at radius 2 is 2.47 bits per heavy atom. The molecule has 0 saturated carbocycles. The van der Waals surface area contributed by atoms with Crippen molar-refractivity contribution in [2.75, 3.05) is 6.61 Å². The number of nitrogens with zero attached hydrogens (tertiary/aromatic N) is 1. The average Bonchev–Trinajstić information content (AvgIpc) is 2.19. The number of rotatable bonds is 4. The van der Waals surface area contributed by atoms with Gasteiger partial charge in [-0.15, -0.1) is 0 Å². The van der Waals surface area contributed by atoms with Crippen LogP contribution in [0.1, 0.15) is 32.6 Å². The maximum Gasteiger partial charge on any atom is 0.422 e. The molecule has 0 aromatic carbocycles. The molecule has 1 aliphatic heterocycles. The summed E-state index contributed by atoms with van der Waals surface area (Å²) in [6, 6.07) is -0.0671. The summed E-state index contributed by atoms with van der Waals surface area (Å²) in [5.74, 6) is 0. The fourth-order valence-corrected chi connectivity index (χ4v) is 2.47. The second kappa shape index (κ2) is 6.49. The predicted molar refractivity (Wildman–Crippen MR) is 64.7 cm³/mol. The molecule has 2 atom stereocenters. The van der Waals surface area contributed by atoms with Crippen molar-refractivity contribution in [2.45, 2.75) is 44.8 Å². The van der Waals surface area contributed by atoms with Crippen LogP contribution in [-0.4, -0.2) is 35.0 Å². The summed E-state index contributed by atoms with van der Waals surface area (Å²) in [4.78, 5) is 10.8. The summed E-state index contributed by atoms with van der Waals surface area (Å²) in [5, 5.41) is 10.1. The van der Waals surface area contributed by atoms with E-state index < -0.39 is 6.09 Å². The molecule has 1 fully saturated rings. The van der Waals surface area contributed by atoms with Crippen LogP contribution in [-0.2, 0) is 4.74 Å². The van der Waals surface area contributed by atoms with Crippen molar-refractivity contribution in [1.29, 1.82) is 0 Å². The first kappa shape index (κ1) is 13.0. The number of hydrogen-bond donors (Lipinski definition) is 2. The molecule has 2 N–H and O–H groups in total. The largest absolute Gasteiger partial charge is 0.464 e. The standard InChI is InChI=1S/C9H17IN2O3/c1-7(12(11-10)9(13)14)6-8-4-2-3-5-15-8/h7-8,11H,2-6H2,1H3,(H,13,14). The second-order valence-electron chi connectivity index (χ2n) is 3.81. The van der Waals surface area contributed by atoms with E-state index in [0.717, 1.165) is 25.9 Å². The molecule has 0 spiro atoms. The lowest BCUT2D eigenvalue weighted by molar-refractivity contribution is -0.00425. The third kappa shape index (κ3) is 4.12. The van der Waals surface area contributed by atoms with E-state index in [1.807, 2.05) is 29.8 Å². The van der Waals surface area contributed by atoms with Gasteiger partial charge in [0.1, 0.15) is 0 Å². The van der Waals surface area contributed by atoms with Gasteiger partial charge in [0.15, 0.2) is 0 Å². The van der Waals surface area contributed by atoms with Crippen molar-refractivity contribution in [2.24, 2.45) is 0 Å². The smallest absolute Gasteiger partial charge is 0.422 e. The van der Waals surface area contributed by atoms with Gasteiger partial charge >= 0.3 is 6.09 Å². The van der Waals surface area contributed by atoms with E-state index in [-0.39, 0.29) is 12.1 Å². The minimum atomic E-state index is -0.951. The van der Waals surface area contributed by atoms with Gasteiger partial charge in [-0.2, -0.15) is 3.64 Å². The van der Waals surface area contributed by atoms with Crippen LogP contribution in [0.15, 0.2) is 0 Å². The van der Waals surface area contributed by atoms with E-state index in [0.29, 0.717) is 0 Å². The number of nitrogens with one attached hydrogen (secondary N) is 1. The molecule has 2 unspecified atom stereocenters. The molecule has 5 nitrogen and oxygen atoms in total. The maximum absolute atomic E-state index is 10.8. The highest BCUT2D eigenvalue weighted by molar-refractivity contribution is 14.1. The summed E-state index contributed by atoms with van der Waals surface area (Å²) in [5.41, 5.74) is 0. The summed E-state index contributed by atoms with van der Waals surface area (Å²) >= 11 is 1.83. The monoisotopic (exact) mass is 328 g/mol. The van der Waals surface area contributed by atoms with Crippen molar-refractivity contribution in [3.05, 3.63) is 0 Å². The lowest BCUT2D eigenvalue weighted by atomic mass is 10.0. The van der Waals surface area contributed by atoms with Crippen LogP contribution in [0.3, 0.4) is 0 Å². The van der Waals surface area contributed by atoms with Crippen molar-refractivity contribution in [3.8, 4) is 0 Å². The second-order valence-corrected chi connectivity index (χ2v) is 4.29. The topological polar surface area (TPSA) is 61.8 Å². The van der Waals surface area contributed by atoms with Crippen molar-refractivity contribution < 1.29 is 14.6 Å². The average molecular weight is 328 g/mol. The number of amides is 1. The Balaban J connectivity index is 2.38. The van der Waals surface area contributed by atoms with E-state index in [1.165, 1.54) is 11.4 Å². The fraction of sp³-hybridized carbons (Fsp3) is 0.889. The maximum atomic E-state index is 10.8. The molecule has 0 bridgehead atoms. The summed E-state index contributed by atoms with van der Waals surface area (Å²) in [6.45, 7) is 2.69. The van der Waals surface area contributed by atoms with Crippen LogP contribution in [0.25, 0.3) is 0 Å². The molecule has 0 radical (unpaired) electrons. The van der Waals surface area contributed by atoms with Crippen LogP contribution in [0.5, 0.6) is 0 Å². The summed E-state index contributed by atoms with van der Waals surface area (Å²) in [7, 11) is 0. The quantitative estimate of drug-likeness (QED) is 0.472. The first-order chi connectivity index (χ1) is 7.15. The molecule has 0 aromatic rings. The molecule has 1 amide bonds. The lowest BCUT2D eigenvalue weighted by Gasteiger charge is -2.29. The van der Waals surface area contributed by atoms with Gasteiger partial charge in [-0.05, 0) is 32.6 Å².